The van der Waals surface area contributed by atoms with Crippen LogP contribution in [0.2, 0.25) is 0 Å². The van der Waals surface area contributed by atoms with Crippen molar-refractivity contribution >= 4 is 34.7 Å². The van der Waals surface area contributed by atoms with Gasteiger partial charge in [0.25, 0.3) is 5.91 Å². The zero-order valence-corrected chi connectivity index (χ0v) is 14.9. The molecule has 1 aromatic heterocycles. The molecule has 0 spiro atoms. The molecular formula is C19H17FN6O2. The van der Waals surface area contributed by atoms with Gasteiger partial charge in [0.1, 0.15) is 17.8 Å². The summed E-state index contributed by atoms with van der Waals surface area (Å²) in [6.07, 6.45) is 1.25. The van der Waals surface area contributed by atoms with Crippen LogP contribution in [0.4, 0.5) is 27.4 Å². The van der Waals surface area contributed by atoms with Crippen LogP contribution in [0.3, 0.4) is 0 Å². The third kappa shape index (κ3) is 4.21. The molecular weight excluding hydrogens is 363 g/mol. The number of hydrazine groups is 1. The molecule has 3 aromatic rings. The number of nitrogens with zero attached hydrogens (tertiary/aromatic N) is 2. The third-order valence-corrected chi connectivity index (χ3v) is 3.85. The van der Waals surface area contributed by atoms with Gasteiger partial charge < -0.3 is 11.1 Å². The maximum atomic E-state index is 13.7. The summed E-state index contributed by atoms with van der Waals surface area (Å²) in [7, 11) is 0. The Morgan fingerprint density at radius 3 is 2.36 bits per heavy atom. The van der Waals surface area contributed by atoms with E-state index in [9.17, 15) is 14.0 Å². The van der Waals surface area contributed by atoms with Crippen molar-refractivity contribution < 1.29 is 14.0 Å². The Labute approximate surface area is 160 Å². The van der Waals surface area contributed by atoms with Crippen LogP contribution in [0.5, 0.6) is 0 Å². The molecule has 1 amide bonds. The zero-order valence-electron chi connectivity index (χ0n) is 14.9. The summed E-state index contributed by atoms with van der Waals surface area (Å²) in [5.74, 6) is -0.916. The van der Waals surface area contributed by atoms with Gasteiger partial charge in [0, 0.05) is 11.3 Å². The number of carbonyl (C=O) groups is 2. The Morgan fingerprint density at radius 1 is 1.00 bits per heavy atom. The molecule has 9 heteroatoms. The normalized spacial score (nSPS) is 10.2. The Hall–Kier alpha value is -4.01. The number of nitrogens with one attached hydrogen (secondary N) is 3. The molecule has 0 saturated carbocycles. The minimum absolute atomic E-state index is 0.0369. The molecule has 1 heterocycles. The van der Waals surface area contributed by atoms with Crippen LogP contribution in [0.1, 0.15) is 27.6 Å². The molecule has 0 saturated heterocycles. The molecule has 0 radical (unpaired) electrons. The quantitative estimate of drug-likeness (QED) is 0.383. The van der Waals surface area contributed by atoms with Gasteiger partial charge in [0.15, 0.2) is 17.4 Å². The number of amides is 1. The molecule has 28 heavy (non-hydrogen) atoms. The monoisotopic (exact) mass is 380 g/mol. The molecule has 142 valence electrons. The molecule has 0 fully saturated rings. The topological polar surface area (TPSA) is 122 Å². The molecule has 0 bridgehead atoms. The molecule has 8 nitrogen and oxygen atoms in total. The van der Waals surface area contributed by atoms with Crippen LogP contribution in [0.15, 0.2) is 54.9 Å². The summed E-state index contributed by atoms with van der Waals surface area (Å²) < 4.78 is 13.7. The number of hydrogen-bond donors (Lipinski definition) is 4. The molecule has 2 aromatic carbocycles. The fraction of sp³-hybridized carbons (Fsp3) is 0.0526. The van der Waals surface area contributed by atoms with E-state index in [-0.39, 0.29) is 22.9 Å². The summed E-state index contributed by atoms with van der Waals surface area (Å²) in [5.41, 5.74) is 12.2. The summed E-state index contributed by atoms with van der Waals surface area (Å²) in [6.45, 7) is 1.48. The molecule has 0 aliphatic carbocycles. The van der Waals surface area contributed by atoms with E-state index in [0.29, 0.717) is 17.1 Å². The number of Topliss-reactive ketones (excluding diaryl/α,β-unsaturated/α-hetero) is 1. The van der Waals surface area contributed by atoms with E-state index >= 15 is 0 Å². The number of nitrogens with two attached hydrogens (primary N) is 1. The van der Waals surface area contributed by atoms with E-state index in [1.165, 1.54) is 31.5 Å². The van der Waals surface area contributed by atoms with Crippen molar-refractivity contribution in [2.24, 2.45) is 0 Å². The van der Waals surface area contributed by atoms with Crippen molar-refractivity contribution in [2.45, 2.75) is 6.92 Å². The van der Waals surface area contributed by atoms with Gasteiger partial charge in [-0.1, -0.05) is 12.1 Å². The number of rotatable bonds is 6. The van der Waals surface area contributed by atoms with E-state index in [0.717, 1.165) is 0 Å². The Bertz CT molecular complexity index is 1020. The first kappa shape index (κ1) is 18.8. The Morgan fingerprint density at radius 2 is 1.68 bits per heavy atom. The maximum Gasteiger partial charge on any atom is 0.272 e. The SMILES string of the molecule is CC(=O)c1ccc(Nc2ncnc(NNC(=O)c3ccccc3F)c2N)cc1. The Kier molecular flexibility index (Phi) is 5.45. The van der Waals surface area contributed by atoms with Gasteiger partial charge in [-0.05, 0) is 43.3 Å². The second-order valence-electron chi connectivity index (χ2n) is 5.80. The van der Waals surface area contributed by atoms with Crippen molar-refractivity contribution in [2.75, 3.05) is 16.5 Å². The van der Waals surface area contributed by atoms with Gasteiger partial charge in [-0.25, -0.2) is 14.4 Å². The van der Waals surface area contributed by atoms with Crippen LogP contribution in [-0.4, -0.2) is 21.7 Å². The fourth-order valence-corrected chi connectivity index (χ4v) is 2.35. The number of anilines is 4. The minimum Gasteiger partial charge on any atom is -0.393 e. The van der Waals surface area contributed by atoms with E-state index in [2.05, 4.69) is 26.1 Å². The highest BCUT2D eigenvalue weighted by atomic mass is 19.1. The number of nitrogen functional groups attached to an aromatic ring is 1. The van der Waals surface area contributed by atoms with Crippen LogP contribution < -0.4 is 21.9 Å². The minimum atomic E-state index is -0.676. The number of hydrogen-bond acceptors (Lipinski definition) is 7. The molecule has 3 rings (SSSR count). The van der Waals surface area contributed by atoms with Gasteiger partial charge in [-0.2, -0.15) is 0 Å². The molecule has 0 unspecified atom stereocenters. The van der Waals surface area contributed by atoms with Crippen LogP contribution in [0.25, 0.3) is 0 Å². The summed E-state index contributed by atoms with van der Waals surface area (Å²) in [5, 5.41) is 3.01. The maximum absolute atomic E-state index is 13.7. The van der Waals surface area contributed by atoms with Crippen molar-refractivity contribution in [3.63, 3.8) is 0 Å². The predicted molar refractivity (Wildman–Crippen MR) is 104 cm³/mol. The average molecular weight is 380 g/mol. The second kappa shape index (κ2) is 8.12. The number of carbonyl (C=O) groups excluding carboxylic acids is 2. The van der Waals surface area contributed by atoms with Gasteiger partial charge >= 0.3 is 0 Å². The lowest BCUT2D eigenvalue weighted by Crippen LogP contribution is -2.31. The number of aromatic nitrogens is 2. The van der Waals surface area contributed by atoms with E-state index in [1.54, 1.807) is 30.3 Å². The third-order valence-electron chi connectivity index (χ3n) is 3.85. The molecule has 0 aliphatic rings. The lowest BCUT2D eigenvalue weighted by atomic mass is 10.1. The van der Waals surface area contributed by atoms with Crippen molar-refractivity contribution in [3.05, 3.63) is 71.8 Å². The number of benzene rings is 2. The van der Waals surface area contributed by atoms with Crippen molar-refractivity contribution in [3.8, 4) is 0 Å². The fourth-order valence-electron chi connectivity index (χ4n) is 2.35. The molecule has 0 aliphatic heterocycles. The molecule has 5 N–H and O–H groups in total. The highest BCUT2D eigenvalue weighted by Gasteiger charge is 2.13. The van der Waals surface area contributed by atoms with E-state index < -0.39 is 11.7 Å². The van der Waals surface area contributed by atoms with Gasteiger partial charge in [0.2, 0.25) is 0 Å². The summed E-state index contributed by atoms with van der Waals surface area (Å²) in [4.78, 5) is 31.4. The second-order valence-corrected chi connectivity index (χ2v) is 5.80. The Balaban J connectivity index is 1.71. The van der Waals surface area contributed by atoms with Crippen molar-refractivity contribution in [1.82, 2.24) is 15.4 Å². The van der Waals surface area contributed by atoms with Gasteiger partial charge in [-0.3, -0.25) is 20.4 Å². The zero-order chi connectivity index (χ0) is 20.1. The standard InChI is InChI=1S/C19H17FN6O2/c1-11(27)12-6-8-13(9-7-12)24-17-16(21)18(23-10-22-17)25-26-19(28)14-4-2-3-5-15(14)20/h2-10H,21H2,1H3,(H,26,28)(H2,22,23,24,25). The van der Waals surface area contributed by atoms with Gasteiger partial charge in [-0.15, -0.1) is 0 Å². The predicted octanol–water partition coefficient (Wildman–Crippen LogP) is 2.90. The first-order valence-electron chi connectivity index (χ1n) is 8.25. The number of halogens is 1. The highest BCUT2D eigenvalue weighted by Crippen LogP contribution is 2.25. The van der Waals surface area contributed by atoms with Gasteiger partial charge in [0.05, 0.1) is 5.56 Å². The largest absolute Gasteiger partial charge is 0.393 e. The van der Waals surface area contributed by atoms with Crippen LogP contribution in [0, 0.1) is 5.82 Å². The first-order chi connectivity index (χ1) is 13.5. The number of ketones is 1. The van der Waals surface area contributed by atoms with Crippen molar-refractivity contribution in [1.29, 1.82) is 0 Å². The summed E-state index contributed by atoms with van der Waals surface area (Å²) in [6, 6.07) is 12.4. The molecule has 0 atom stereocenters. The lowest BCUT2D eigenvalue weighted by molar-refractivity contribution is 0.0957. The first-order valence-corrected chi connectivity index (χ1v) is 8.25. The smallest absolute Gasteiger partial charge is 0.272 e. The lowest BCUT2D eigenvalue weighted by Gasteiger charge is -2.13. The van der Waals surface area contributed by atoms with E-state index in [4.69, 9.17) is 5.73 Å². The van der Waals surface area contributed by atoms with Crippen LogP contribution >= 0.6 is 0 Å². The van der Waals surface area contributed by atoms with E-state index in [1.807, 2.05) is 0 Å². The average Bonchev–Trinajstić information content (AvgIpc) is 2.69. The highest BCUT2D eigenvalue weighted by molar-refractivity contribution is 5.95. The van der Waals surface area contributed by atoms with Crippen LogP contribution in [-0.2, 0) is 0 Å². The summed E-state index contributed by atoms with van der Waals surface area (Å²) >= 11 is 0.